The highest BCUT2D eigenvalue weighted by atomic mass is 79.9. The Morgan fingerprint density at radius 2 is 0.983 bits per heavy atom. The molecule has 9 aromatic rings. The number of rotatable bonds is 23. The van der Waals surface area contributed by atoms with Crippen molar-refractivity contribution in [1.82, 2.24) is 59.5 Å². The normalized spacial score (nSPS) is 15.4. The fourth-order valence-electron chi connectivity index (χ4n) is 14.2. The van der Waals surface area contributed by atoms with Crippen LogP contribution in [0.3, 0.4) is 0 Å². The van der Waals surface area contributed by atoms with Gasteiger partial charge in [-0.2, -0.15) is 18.4 Å². The summed E-state index contributed by atoms with van der Waals surface area (Å²) in [6, 6.07) is 27.1. The van der Waals surface area contributed by atoms with Gasteiger partial charge in [-0.15, -0.1) is 0 Å². The van der Waals surface area contributed by atoms with Crippen molar-refractivity contribution in [2.45, 2.75) is 96.0 Å². The summed E-state index contributed by atoms with van der Waals surface area (Å²) in [5.74, 6) is 3.73. The van der Waals surface area contributed by atoms with Crippen molar-refractivity contribution in [3.63, 3.8) is 0 Å². The topological polar surface area (TPSA) is 330 Å². The molecule has 632 valence electrons. The van der Waals surface area contributed by atoms with E-state index in [0.717, 1.165) is 124 Å². The Hall–Kier alpha value is -8.16. The number of aryl methyl sites for hydroxylation is 3. The van der Waals surface area contributed by atoms with E-state index in [0.29, 0.717) is 84.3 Å². The minimum Gasteiger partial charge on any atom is -0.495 e. The number of hydrogen-bond donors (Lipinski definition) is 6. The summed E-state index contributed by atoms with van der Waals surface area (Å²) in [7, 11) is 1.51. The van der Waals surface area contributed by atoms with Gasteiger partial charge in [0.05, 0.1) is 65.0 Å². The summed E-state index contributed by atoms with van der Waals surface area (Å²) >= 11 is 12.9. The Morgan fingerprint density at radius 1 is 0.547 bits per heavy atom. The van der Waals surface area contributed by atoms with Gasteiger partial charge in [0.2, 0.25) is 23.0 Å². The Kier molecular flexibility index (Phi) is 34.6. The maximum Gasteiger partial charge on any atom is 0.294 e. The number of halogens is 3. The number of ether oxygens (including phenoxy) is 4. The van der Waals surface area contributed by atoms with E-state index in [1.54, 1.807) is 97.3 Å². The van der Waals surface area contributed by atoms with Crippen LogP contribution in [0.4, 0.5) is 51.7 Å². The first-order valence-electron chi connectivity index (χ1n) is 39.2. The SMILES string of the molecule is CCCCO.CCc1cc(N)c(OC)cc1N1CCC(N2CCN(C)CC2)CC1.CCc1cc(Nc2ncc(Br)c(Nc3ccc(-c4nccnc4OC)cc3P(C)(C)=O)n2)c(OC)cc1N1CCC(N2CCN(C)CC2)CC1.COc1nccnc1-c1ccc(Nc2nc(Cl)ncc2Br)c(P(C)(C)=O)c1.Cc1ccc(S(=O)(=O)O)cc1. The van der Waals surface area contributed by atoms with E-state index in [4.69, 9.17) is 50.9 Å². The number of unbranched alkanes of at least 4 members (excludes halogenated alkanes) is 1. The van der Waals surface area contributed by atoms with E-state index in [2.05, 4.69) is 171 Å². The first-order chi connectivity index (χ1) is 55.9. The van der Waals surface area contributed by atoms with Crippen molar-refractivity contribution in [3.05, 3.63) is 153 Å². The lowest BCUT2D eigenvalue weighted by Gasteiger charge is -2.43. The van der Waals surface area contributed by atoms with Gasteiger partial charge in [-0.1, -0.05) is 57.0 Å². The molecule has 0 spiro atoms. The number of methoxy groups -OCH3 is 4. The van der Waals surface area contributed by atoms with Crippen LogP contribution >= 0.6 is 57.7 Å². The Balaban J connectivity index is 0.000000195. The second kappa shape index (κ2) is 43.7. The Bertz CT molecular complexity index is 4970. The number of nitrogens with two attached hydrogens (primary N) is 1. The minimum atomic E-state index is -4.02. The third-order valence-corrected chi connectivity index (χ3v) is 26.0. The number of benzene rings is 5. The van der Waals surface area contributed by atoms with Crippen LogP contribution in [0.2, 0.25) is 5.28 Å². The monoisotopic (exact) mass is 1810 g/mol. The van der Waals surface area contributed by atoms with Gasteiger partial charge < -0.3 is 74.5 Å². The predicted molar refractivity (Wildman–Crippen MR) is 481 cm³/mol. The molecule has 0 radical (unpaired) electrons. The van der Waals surface area contributed by atoms with Crippen LogP contribution in [0, 0.1) is 6.92 Å². The van der Waals surface area contributed by atoms with Gasteiger partial charge in [-0.3, -0.25) is 14.4 Å². The van der Waals surface area contributed by atoms with Gasteiger partial charge in [0, 0.05) is 180 Å². The van der Waals surface area contributed by atoms with Crippen LogP contribution in [0.25, 0.3) is 22.5 Å². The smallest absolute Gasteiger partial charge is 0.294 e. The third kappa shape index (κ3) is 25.9. The molecule has 0 bridgehead atoms. The number of aromatic nitrogens is 8. The van der Waals surface area contributed by atoms with Gasteiger partial charge in [0.25, 0.3) is 10.1 Å². The number of piperazine rings is 2. The molecule has 13 rings (SSSR count). The van der Waals surface area contributed by atoms with Gasteiger partial charge in [-0.25, -0.2) is 29.9 Å². The molecule has 0 aliphatic carbocycles. The number of nitrogen functional groups attached to an aromatic ring is 1. The van der Waals surface area contributed by atoms with Gasteiger partial charge in [0.1, 0.15) is 48.8 Å². The molecule has 28 nitrogen and oxygen atoms in total. The zero-order chi connectivity index (χ0) is 84.7. The molecule has 4 aliphatic rings. The van der Waals surface area contributed by atoms with E-state index in [1.165, 1.54) is 93.6 Å². The number of piperidine rings is 2. The first kappa shape index (κ1) is 92.7. The number of nitrogens with one attached hydrogen (secondary N) is 3. The van der Waals surface area contributed by atoms with E-state index in [1.807, 2.05) is 43.3 Å². The summed E-state index contributed by atoms with van der Waals surface area (Å²) in [5, 5.41) is 19.4. The Morgan fingerprint density at radius 3 is 1.39 bits per heavy atom. The molecule has 4 aromatic heterocycles. The molecule has 7 N–H and O–H groups in total. The highest BCUT2D eigenvalue weighted by Crippen LogP contribution is 2.44. The van der Waals surface area contributed by atoms with E-state index < -0.39 is 24.4 Å². The van der Waals surface area contributed by atoms with Crippen LogP contribution < -0.4 is 61.0 Å². The maximum atomic E-state index is 13.5. The van der Waals surface area contributed by atoms with E-state index in [-0.39, 0.29) is 10.2 Å². The number of aliphatic hydroxyl groups is 1. The highest BCUT2D eigenvalue weighted by Gasteiger charge is 2.31. The number of aliphatic hydroxyl groups excluding tert-OH is 1. The number of nitrogens with zero attached hydrogens (tertiary/aromatic N) is 14. The molecule has 117 heavy (non-hydrogen) atoms. The number of likely N-dealkylation sites (N-methyl/N-ethyl adjacent to an activating group) is 2. The Labute approximate surface area is 711 Å². The van der Waals surface area contributed by atoms with E-state index >= 15 is 0 Å². The molecular formula is C83H113Br2ClN18O10P2S. The average Bonchev–Trinajstić information content (AvgIpc) is 0.792. The number of anilines is 9. The zero-order valence-electron chi connectivity index (χ0n) is 69.5. The van der Waals surface area contributed by atoms with Crippen molar-refractivity contribution in [1.29, 1.82) is 0 Å². The zero-order valence-corrected chi connectivity index (χ0v) is 76.0. The molecule has 4 saturated heterocycles. The van der Waals surface area contributed by atoms with Gasteiger partial charge in [-0.05, 0) is 196 Å². The second-order valence-corrected chi connectivity index (χ2v) is 39.5. The van der Waals surface area contributed by atoms with Crippen LogP contribution in [-0.4, -0.2) is 244 Å². The fourth-order valence-corrected chi connectivity index (χ4v) is 17.7. The molecular weight excluding hydrogens is 1700 g/mol. The predicted octanol–water partition coefficient (Wildman–Crippen LogP) is 14.7. The lowest BCUT2D eigenvalue weighted by atomic mass is 9.99. The van der Waals surface area contributed by atoms with Crippen LogP contribution in [-0.2, 0) is 32.1 Å². The molecule has 34 heteroatoms. The lowest BCUT2D eigenvalue weighted by Crippen LogP contribution is -2.52. The first-order valence-corrected chi connectivity index (χ1v) is 47.8. The van der Waals surface area contributed by atoms with E-state index in [9.17, 15) is 17.5 Å². The summed E-state index contributed by atoms with van der Waals surface area (Å²) in [4.78, 5) is 49.9. The molecule has 0 saturated carbocycles. The molecule has 0 unspecified atom stereocenters. The average molecular weight is 1810 g/mol. The summed E-state index contributed by atoms with van der Waals surface area (Å²) in [6.07, 6.45) is 18.3. The third-order valence-electron chi connectivity index (χ3n) is 20.8. The molecule has 8 heterocycles. The molecule has 4 fully saturated rings. The largest absolute Gasteiger partial charge is 0.495 e. The van der Waals surface area contributed by atoms with Crippen LogP contribution in [0.1, 0.15) is 76.0 Å². The van der Waals surface area contributed by atoms with Crippen LogP contribution in [0.15, 0.2) is 136 Å². The van der Waals surface area contributed by atoms with Crippen molar-refractivity contribution >= 4 is 130 Å². The quantitative estimate of drug-likeness (QED) is 0.0150. The molecule has 5 aromatic carbocycles. The van der Waals surface area contributed by atoms with Gasteiger partial charge >= 0.3 is 0 Å². The van der Waals surface area contributed by atoms with Crippen molar-refractivity contribution in [2.75, 3.05) is 186 Å². The van der Waals surface area contributed by atoms with Crippen LogP contribution in [0.5, 0.6) is 23.3 Å². The van der Waals surface area contributed by atoms with Gasteiger partial charge in [0.15, 0.2) is 0 Å². The summed E-state index contributed by atoms with van der Waals surface area (Å²) < 4.78 is 79.4. The molecule has 4 aliphatic heterocycles. The lowest BCUT2D eigenvalue weighted by molar-refractivity contribution is 0.0982. The maximum absolute atomic E-state index is 13.5. The standard InChI is InChI=1S/C36H47BrN9O3P.C19H32N4O.C17H16BrClN5O2P.C7H8O3S.C4H10O/c1-7-24-20-29(31(48-3)22-30(24)46-14-10-26(11-15-46)45-18-16-44(2)17-19-45)42-36-40-23-27(37)34(43-36)41-28-9-8-25(21-32(28)50(5,6)47)33-35(49-4)39-13-12-38-33;1-4-15-13-17(20)19(24-3)14-18(15)23-7-5-16(6-8-23)22-11-9-21(2)10-12-22;1-26-16-14(20-6-7-21-16)10-4-5-12(13(8-10)27(2,3)25)23-15-11(18)9-22-17(19)24-15;1-6-2-4-7(5-3-6)11(8,9)10;1-2-3-4-5/h8-9,12-13,20-23,26H,7,10-11,14-19H2,1-6H3,(H2,40,41,42,43);13-14,16H,4-12,20H2,1-3H3;4-9H,1-3H3,(H,22,23,24);2-5H,1H3,(H,8,9,10);5H,2-4H2,1H3. The highest BCUT2D eigenvalue weighted by molar-refractivity contribution is 9.11. The second-order valence-electron chi connectivity index (χ2n) is 29.7. The minimum absolute atomic E-state index is 0.0666. The number of hydrogen-bond acceptors (Lipinski definition) is 27. The fraction of sp³-hybridized carbons (Fsp3) is 0.446. The van der Waals surface area contributed by atoms with Crippen molar-refractivity contribution in [2.24, 2.45) is 0 Å². The molecule has 0 atom stereocenters. The summed E-state index contributed by atoms with van der Waals surface area (Å²) in [6.45, 7) is 29.3. The summed E-state index contributed by atoms with van der Waals surface area (Å²) in [5.41, 5.74) is 17.7. The van der Waals surface area contributed by atoms with Crippen molar-refractivity contribution < 1.29 is 46.2 Å². The molecule has 0 amide bonds. The van der Waals surface area contributed by atoms with Crippen molar-refractivity contribution in [3.8, 4) is 45.8 Å².